The minimum Gasteiger partial charge on any atom is -0.543 e. The van der Waals surface area contributed by atoms with Gasteiger partial charge in [0.25, 0.3) is 0 Å². The molecule has 0 saturated heterocycles. The number of carboxylic acids is 2. The molecule has 0 amide bonds. The molecule has 1 aromatic heterocycles. The number of aromatic nitrogens is 2. The third-order valence-electron chi connectivity index (χ3n) is 1.01. The first-order chi connectivity index (χ1) is 5.11. The average molecular weight is 154 g/mol. The zero-order chi connectivity index (χ0) is 8.43. The summed E-state index contributed by atoms with van der Waals surface area (Å²) in [6, 6.07) is 0.824. The second-order valence-electron chi connectivity index (χ2n) is 1.74. The molecule has 0 atom stereocenters. The average Bonchev–Trinajstić information content (AvgIpc) is 2.33. The Morgan fingerprint density at radius 2 is 2.00 bits per heavy atom. The number of hydrogen-bond donors (Lipinski definition) is 1. The summed E-state index contributed by atoms with van der Waals surface area (Å²) in [5.74, 6) is -3.04. The Kier molecular flexibility index (Phi) is 1.59. The van der Waals surface area contributed by atoms with Crippen molar-refractivity contribution in [1.82, 2.24) is 10.2 Å². The number of aromatic amines is 1. The van der Waals surface area contributed by atoms with Crippen molar-refractivity contribution in [3.63, 3.8) is 0 Å². The van der Waals surface area contributed by atoms with Crippen LogP contribution in [0.25, 0.3) is 0 Å². The van der Waals surface area contributed by atoms with Crippen LogP contribution in [0.1, 0.15) is 21.0 Å². The molecule has 1 heterocycles. The predicted molar refractivity (Wildman–Crippen MR) is 27.2 cm³/mol. The number of hydrogen-bond acceptors (Lipinski definition) is 5. The van der Waals surface area contributed by atoms with Crippen LogP contribution in [0.3, 0.4) is 0 Å². The summed E-state index contributed by atoms with van der Waals surface area (Å²) in [7, 11) is 0. The number of carbonyl (C=O) groups excluding carboxylic acids is 2. The molecule has 0 radical (unpaired) electrons. The molecule has 6 nitrogen and oxygen atoms in total. The van der Waals surface area contributed by atoms with Crippen molar-refractivity contribution in [3.05, 3.63) is 17.5 Å². The van der Waals surface area contributed by atoms with Crippen LogP contribution in [-0.2, 0) is 0 Å². The van der Waals surface area contributed by atoms with Gasteiger partial charge in [0.1, 0.15) is 5.69 Å². The van der Waals surface area contributed by atoms with Gasteiger partial charge >= 0.3 is 0 Å². The smallest absolute Gasteiger partial charge is 0.108 e. The first-order valence-electron chi connectivity index (χ1n) is 2.59. The highest BCUT2D eigenvalue weighted by Gasteiger charge is 2.00. The lowest BCUT2D eigenvalue weighted by molar-refractivity contribution is -0.256. The van der Waals surface area contributed by atoms with E-state index in [1.165, 1.54) is 0 Å². The number of H-pyrrole nitrogens is 1. The minimum atomic E-state index is -1.53. The van der Waals surface area contributed by atoms with Crippen molar-refractivity contribution in [2.75, 3.05) is 0 Å². The van der Waals surface area contributed by atoms with Crippen LogP contribution in [0, 0.1) is 0 Å². The monoisotopic (exact) mass is 154 g/mol. The van der Waals surface area contributed by atoms with Crippen LogP contribution in [0.4, 0.5) is 0 Å². The highest BCUT2D eigenvalue weighted by Crippen LogP contribution is 1.95. The zero-order valence-electron chi connectivity index (χ0n) is 5.16. The van der Waals surface area contributed by atoms with E-state index in [2.05, 4.69) is 5.10 Å². The van der Waals surface area contributed by atoms with Gasteiger partial charge in [-0.2, -0.15) is 5.10 Å². The molecule has 0 aromatic carbocycles. The number of rotatable bonds is 2. The Balaban J connectivity index is 2.99. The van der Waals surface area contributed by atoms with Crippen LogP contribution in [0.5, 0.6) is 0 Å². The van der Waals surface area contributed by atoms with E-state index in [0.717, 1.165) is 6.07 Å². The van der Waals surface area contributed by atoms with Crippen LogP contribution >= 0.6 is 0 Å². The summed E-state index contributed by atoms with van der Waals surface area (Å²) in [5.41, 5.74) is -0.839. The normalized spacial score (nSPS) is 9.45. The Hall–Kier alpha value is -1.85. The molecule has 0 fully saturated rings. The van der Waals surface area contributed by atoms with E-state index in [1.807, 2.05) is 5.10 Å². The number of carboxylic acid groups (broad SMARTS) is 2. The molecule has 0 aliphatic carbocycles. The van der Waals surface area contributed by atoms with E-state index < -0.39 is 17.6 Å². The zero-order valence-corrected chi connectivity index (χ0v) is 5.16. The van der Waals surface area contributed by atoms with E-state index in [9.17, 15) is 19.8 Å². The van der Waals surface area contributed by atoms with Crippen LogP contribution < -0.4 is 10.2 Å². The van der Waals surface area contributed by atoms with Gasteiger partial charge in [0.05, 0.1) is 17.6 Å². The van der Waals surface area contributed by atoms with E-state index in [4.69, 9.17) is 0 Å². The quantitative estimate of drug-likeness (QED) is 0.492. The largest absolute Gasteiger partial charge is 0.543 e. The Labute approximate surface area is 60.5 Å². The van der Waals surface area contributed by atoms with Gasteiger partial charge in [0.2, 0.25) is 0 Å². The van der Waals surface area contributed by atoms with Crippen molar-refractivity contribution >= 4 is 11.9 Å². The fourth-order valence-corrected chi connectivity index (χ4v) is 0.531. The lowest BCUT2D eigenvalue weighted by Gasteiger charge is -1.93. The molecule has 1 rings (SSSR count). The number of aromatic carboxylic acids is 2. The predicted octanol–water partition coefficient (Wildman–Crippen LogP) is -2.86. The van der Waals surface area contributed by atoms with Crippen molar-refractivity contribution in [2.24, 2.45) is 0 Å². The number of nitrogens with zero attached hydrogens (tertiary/aromatic N) is 1. The van der Waals surface area contributed by atoms with Crippen molar-refractivity contribution in [1.29, 1.82) is 0 Å². The molecule has 0 aliphatic heterocycles. The molecular formula is C5H2N2O4-2. The minimum absolute atomic E-state index is 0.385. The molecule has 0 spiro atoms. The molecule has 0 bridgehead atoms. The summed E-state index contributed by atoms with van der Waals surface area (Å²) < 4.78 is 0. The molecule has 1 aromatic rings. The second-order valence-corrected chi connectivity index (χ2v) is 1.74. The standard InChI is InChI=1S/C5H4N2O4/c8-4(9)2-1-3(5(10)11)7-6-2/h1H,(H,6,7)(H,8,9)(H,10,11)/p-2. The molecule has 0 unspecified atom stereocenters. The fraction of sp³-hybridized carbons (Fsp3) is 0. The first kappa shape index (κ1) is 7.26. The number of nitrogens with one attached hydrogen (secondary N) is 1. The number of carbonyl (C=O) groups is 2. The van der Waals surface area contributed by atoms with Gasteiger partial charge in [0.15, 0.2) is 0 Å². The molecule has 0 aliphatic rings. The molecule has 6 heteroatoms. The Bertz CT molecular complexity index is 275. The summed E-state index contributed by atoms with van der Waals surface area (Å²) >= 11 is 0. The Morgan fingerprint density at radius 3 is 2.27 bits per heavy atom. The van der Waals surface area contributed by atoms with Crippen molar-refractivity contribution < 1.29 is 19.8 Å². The van der Waals surface area contributed by atoms with Crippen LogP contribution in [0.2, 0.25) is 0 Å². The van der Waals surface area contributed by atoms with Gasteiger partial charge in [-0.05, 0) is 6.07 Å². The van der Waals surface area contributed by atoms with Gasteiger partial charge in [-0.1, -0.05) is 0 Å². The first-order valence-corrected chi connectivity index (χ1v) is 2.59. The topological polar surface area (TPSA) is 109 Å². The maximum atomic E-state index is 10.0. The molecule has 0 saturated carbocycles. The molecule has 1 N–H and O–H groups in total. The van der Waals surface area contributed by atoms with Crippen molar-refractivity contribution in [2.45, 2.75) is 0 Å². The van der Waals surface area contributed by atoms with Gasteiger partial charge in [-0.15, -0.1) is 0 Å². The highest BCUT2D eigenvalue weighted by molar-refractivity contribution is 5.89. The van der Waals surface area contributed by atoms with Crippen LogP contribution in [0.15, 0.2) is 6.07 Å². The van der Waals surface area contributed by atoms with E-state index in [-0.39, 0.29) is 5.69 Å². The Morgan fingerprint density at radius 1 is 1.36 bits per heavy atom. The summed E-state index contributed by atoms with van der Waals surface area (Å²) in [4.78, 5) is 20.1. The molecule has 11 heavy (non-hydrogen) atoms. The lowest BCUT2D eigenvalue weighted by atomic mass is 10.3. The molecular weight excluding hydrogens is 152 g/mol. The van der Waals surface area contributed by atoms with Gasteiger partial charge in [-0.25, -0.2) is 0 Å². The van der Waals surface area contributed by atoms with Gasteiger partial charge in [-0.3, -0.25) is 5.10 Å². The fourth-order valence-electron chi connectivity index (χ4n) is 0.531. The van der Waals surface area contributed by atoms with E-state index >= 15 is 0 Å². The van der Waals surface area contributed by atoms with E-state index in [1.54, 1.807) is 0 Å². The summed E-state index contributed by atoms with van der Waals surface area (Å²) in [5, 5.41) is 25.2. The second kappa shape index (κ2) is 2.41. The summed E-state index contributed by atoms with van der Waals surface area (Å²) in [6.45, 7) is 0. The van der Waals surface area contributed by atoms with Gasteiger partial charge < -0.3 is 19.8 Å². The van der Waals surface area contributed by atoms with Gasteiger partial charge in [0, 0.05) is 0 Å². The molecule has 58 valence electrons. The third-order valence-corrected chi connectivity index (χ3v) is 1.01. The third kappa shape index (κ3) is 1.34. The maximum absolute atomic E-state index is 10.0. The van der Waals surface area contributed by atoms with E-state index in [0.29, 0.717) is 0 Å². The highest BCUT2D eigenvalue weighted by atomic mass is 16.4. The maximum Gasteiger partial charge on any atom is 0.108 e. The van der Waals surface area contributed by atoms with Crippen LogP contribution in [-0.4, -0.2) is 22.1 Å². The SMILES string of the molecule is O=C([O-])c1cc(C(=O)[O-])[nH]n1. The summed E-state index contributed by atoms with van der Waals surface area (Å²) in [6.07, 6.45) is 0. The lowest BCUT2D eigenvalue weighted by Crippen LogP contribution is -2.23. The van der Waals surface area contributed by atoms with Crippen molar-refractivity contribution in [3.8, 4) is 0 Å².